The number of nitro groups is 1. The van der Waals surface area contributed by atoms with Crippen LogP contribution in [0.5, 0.6) is 5.75 Å². The zero-order valence-electron chi connectivity index (χ0n) is 22.5. The number of halogens is 1. The number of nitrogens with zero attached hydrogens (tertiary/aromatic N) is 3. The van der Waals surface area contributed by atoms with E-state index in [0.717, 1.165) is 0 Å². The van der Waals surface area contributed by atoms with E-state index >= 15 is 0 Å². The highest BCUT2D eigenvalue weighted by Crippen LogP contribution is 2.35. The van der Waals surface area contributed by atoms with Crippen molar-refractivity contribution in [2.24, 2.45) is 4.99 Å². The lowest BCUT2D eigenvalue weighted by atomic mass is 9.96. The molecule has 0 fully saturated rings. The maximum Gasteiger partial charge on any atom is 0.338 e. The Kier molecular flexibility index (Phi) is 7.78. The molecule has 2 aromatic heterocycles. The van der Waals surface area contributed by atoms with Crippen molar-refractivity contribution in [2.75, 3.05) is 13.7 Å². The minimum absolute atomic E-state index is 0.00768. The fourth-order valence-corrected chi connectivity index (χ4v) is 6.34. The van der Waals surface area contributed by atoms with Crippen LogP contribution in [-0.2, 0) is 9.53 Å². The van der Waals surface area contributed by atoms with Crippen molar-refractivity contribution in [3.63, 3.8) is 0 Å². The number of fused-ring (bicyclic) bond motifs is 1. The molecule has 0 saturated carbocycles. The fraction of sp³-hybridized carbons (Fsp3) is 0.207. The molecule has 10 nitrogen and oxygen atoms in total. The second kappa shape index (κ2) is 11.3. The normalized spacial score (nSPS) is 15.0. The molecule has 0 radical (unpaired) electrons. The first kappa shape index (κ1) is 28.2. The van der Waals surface area contributed by atoms with Gasteiger partial charge in [-0.25, -0.2) is 9.79 Å². The summed E-state index contributed by atoms with van der Waals surface area (Å²) in [6.07, 6.45) is 1.60. The lowest BCUT2D eigenvalue weighted by Gasteiger charge is -2.25. The highest BCUT2D eigenvalue weighted by atomic mass is 79.9. The highest BCUT2D eigenvalue weighted by Gasteiger charge is 2.33. The Labute approximate surface area is 246 Å². The number of benzene rings is 2. The highest BCUT2D eigenvalue weighted by molar-refractivity contribution is 9.10. The van der Waals surface area contributed by atoms with E-state index in [0.29, 0.717) is 53.5 Å². The van der Waals surface area contributed by atoms with Gasteiger partial charge >= 0.3 is 5.97 Å². The van der Waals surface area contributed by atoms with Crippen molar-refractivity contribution < 1.29 is 23.6 Å². The van der Waals surface area contributed by atoms with E-state index in [4.69, 9.17) is 13.9 Å². The standard InChI is InChI=1S/C29H24BrN3O7S/c1-5-39-28(35)25-16(3)31-29-32(26(25)17-9-11-23(38-4)20(30)13-17)27(34)24(41-29)14-18-10-12-22(40-18)19-7-6-8-21(15(19)2)33(36)37/h6-14,26H,5H2,1-4H3/b24-14-/t26-/m1/s1. The number of hydrogen-bond donors (Lipinski definition) is 0. The van der Waals surface area contributed by atoms with E-state index in [1.807, 2.05) is 0 Å². The molecule has 5 rings (SSSR count). The quantitative estimate of drug-likeness (QED) is 0.158. The summed E-state index contributed by atoms with van der Waals surface area (Å²) in [5.41, 5.74) is 2.09. The van der Waals surface area contributed by atoms with Gasteiger partial charge in [-0.1, -0.05) is 29.5 Å². The summed E-state index contributed by atoms with van der Waals surface area (Å²) in [5.74, 6) is 0.878. The Balaban J connectivity index is 1.64. The van der Waals surface area contributed by atoms with Crippen LogP contribution in [0.2, 0.25) is 0 Å². The Bertz CT molecular complexity index is 1920. The summed E-state index contributed by atoms with van der Waals surface area (Å²) < 4.78 is 19.2. The van der Waals surface area contributed by atoms with Crippen molar-refractivity contribution in [1.82, 2.24) is 4.57 Å². The van der Waals surface area contributed by atoms with Gasteiger partial charge in [0.1, 0.15) is 17.3 Å². The van der Waals surface area contributed by atoms with E-state index in [-0.39, 0.29) is 23.4 Å². The summed E-state index contributed by atoms with van der Waals surface area (Å²) in [7, 11) is 1.55. The average Bonchev–Trinajstić information content (AvgIpc) is 3.52. The number of hydrogen-bond acceptors (Lipinski definition) is 9. The SMILES string of the molecule is CCOC(=O)C1=C(C)N=c2s/c(=C\c3ccc(-c4cccc([N+](=O)[O-])c4C)o3)c(=O)n2[C@@H]1c1ccc(OC)c(Br)c1. The van der Waals surface area contributed by atoms with Crippen LogP contribution in [0.3, 0.4) is 0 Å². The van der Waals surface area contributed by atoms with E-state index < -0.39 is 16.9 Å². The van der Waals surface area contributed by atoms with E-state index in [1.54, 1.807) is 76.4 Å². The molecule has 4 aromatic rings. The molecule has 3 heterocycles. The number of thiazole rings is 1. The number of carbonyl (C=O) groups excluding carboxylic acids is 1. The average molecular weight is 638 g/mol. The summed E-state index contributed by atoms with van der Waals surface area (Å²) in [5, 5.41) is 11.4. The lowest BCUT2D eigenvalue weighted by Crippen LogP contribution is -2.39. The van der Waals surface area contributed by atoms with Gasteiger partial charge < -0.3 is 13.9 Å². The van der Waals surface area contributed by atoms with Gasteiger partial charge in [-0.05, 0) is 66.5 Å². The number of ether oxygens (including phenoxy) is 2. The molecule has 2 aromatic carbocycles. The van der Waals surface area contributed by atoms with Gasteiger partial charge in [0.05, 0.1) is 45.0 Å². The smallest absolute Gasteiger partial charge is 0.338 e. The van der Waals surface area contributed by atoms with Crippen molar-refractivity contribution in [1.29, 1.82) is 0 Å². The summed E-state index contributed by atoms with van der Waals surface area (Å²) >= 11 is 4.67. The maximum atomic E-state index is 13.8. The number of allylic oxidation sites excluding steroid dienone is 1. The first-order valence-corrected chi connectivity index (χ1v) is 14.1. The van der Waals surface area contributed by atoms with Gasteiger partial charge in [0.25, 0.3) is 11.2 Å². The zero-order valence-corrected chi connectivity index (χ0v) is 24.9. The van der Waals surface area contributed by atoms with Crippen LogP contribution >= 0.6 is 27.3 Å². The first-order valence-electron chi connectivity index (χ1n) is 12.5. The number of rotatable bonds is 7. The Morgan fingerprint density at radius 3 is 2.71 bits per heavy atom. The van der Waals surface area contributed by atoms with Crippen LogP contribution in [0.25, 0.3) is 17.4 Å². The second-order valence-electron chi connectivity index (χ2n) is 9.11. The number of nitro benzene ring substituents is 1. The maximum absolute atomic E-state index is 13.8. The lowest BCUT2D eigenvalue weighted by molar-refractivity contribution is -0.385. The molecule has 0 unspecified atom stereocenters. The third-order valence-corrected chi connectivity index (χ3v) is 8.28. The second-order valence-corrected chi connectivity index (χ2v) is 11.0. The molecule has 12 heteroatoms. The molecule has 1 atom stereocenters. The molecule has 0 saturated heterocycles. The molecule has 0 amide bonds. The number of esters is 1. The minimum Gasteiger partial charge on any atom is -0.496 e. The van der Waals surface area contributed by atoms with Crippen LogP contribution in [0.15, 0.2) is 78.5 Å². The van der Waals surface area contributed by atoms with E-state index in [9.17, 15) is 19.7 Å². The Morgan fingerprint density at radius 2 is 2.02 bits per heavy atom. The summed E-state index contributed by atoms with van der Waals surface area (Å²) in [4.78, 5) is 42.9. The molecule has 41 heavy (non-hydrogen) atoms. The van der Waals surface area contributed by atoms with Gasteiger partial charge in [-0.3, -0.25) is 19.5 Å². The van der Waals surface area contributed by atoms with Gasteiger partial charge in [-0.2, -0.15) is 0 Å². The van der Waals surface area contributed by atoms with E-state index in [2.05, 4.69) is 20.9 Å². The van der Waals surface area contributed by atoms with Crippen molar-refractivity contribution in [3.8, 4) is 17.1 Å². The van der Waals surface area contributed by atoms with Crippen LogP contribution < -0.4 is 19.6 Å². The summed E-state index contributed by atoms with van der Waals surface area (Å²) in [6, 6.07) is 12.8. The number of furan rings is 1. The van der Waals surface area contributed by atoms with Crippen molar-refractivity contribution in [2.45, 2.75) is 26.8 Å². The fourth-order valence-electron chi connectivity index (χ4n) is 4.75. The largest absolute Gasteiger partial charge is 0.496 e. The molecular weight excluding hydrogens is 614 g/mol. The third-order valence-electron chi connectivity index (χ3n) is 6.68. The zero-order chi connectivity index (χ0) is 29.4. The number of aromatic nitrogens is 1. The monoisotopic (exact) mass is 637 g/mol. The molecule has 0 bridgehead atoms. The molecule has 0 N–H and O–H groups in total. The predicted octanol–water partition coefficient (Wildman–Crippen LogP) is 5.05. The van der Waals surface area contributed by atoms with Gasteiger partial charge in [0.2, 0.25) is 0 Å². The van der Waals surface area contributed by atoms with Gasteiger partial charge in [0.15, 0.2) is 4.80 Å². The van der Waals surface area contributed by atoms with Crippen LogP contribution in [0, 0.1) is 17.0 Å². The minimum atomic E-state index is -0.783. The topological polar surface area (TPSA) is 126 Å². The van der Waals surface area contributed by atoms with Crippen LogP contribution in [0.4, 0.5) is 5.69 Å². The molecule has 210 valence electrons. The van der Waals surface area contributed by atoms with Crippen molar-refractivity contribution in [3.05, 3.63) is 111 Å². The molecule has 1 aliphatic rings. The van der Waals surface area contributed by atoms with Gasteiger partial charge in [0, 0.05) is 23.3 Å². The van der Waals surface area contributed by atoms with E-state index in [1.165, 1.54) is 22.0 Å². The predicted molar refractivity (Wildman–Crippen MR) is 157 cm³/mol. The molecule has 1 aliphatic heterocycles. The number of methoxy groups -OCH3 is 1. The first-order chi connectivity index (χ1) is 19.6. The van der Waals surface area contributed by atoms with Gasteiger partial charge in [-0.15, -0.1) is 0 Å². The van der Waals surface area contributed by atoms with Crippen LogP contribution in [0.1, 0.15) is 36.8 Å². The molecule has 0 spiro atoms. The van der Waals surface area contributed by atoms with Crippen molar-refractivity contribution >= 4 is 45.0 Å². The number of carbonyl (C=O) groups is 1. The van der Waals surface area contributed by atoms with Crippen LogP contribution in [-0.4, -0.2) is 29.2 Å². The Morgan fingerprint density at radius 1 is 1.24 bits per heavy atom. The third kappa shape index (κ3) is 5.16. The molecule has 0 aliphatic carbocycles. The summed E-state index contributed by atoms with van der Waals surface area (Å²) in [6.45, 7) is 5.27. The Hall–Kier alpha value is -4.29. The molecular formula is C29H24BrN3O7S.